The number of ether oxygens (including phenoxy) is 1. The maximum atomic E-state index is 12.0. The molecular formula is C15H22N2O5. The maximum Gasteiger partial charge on any atom is 0.308 e. The predicted octanol–water partition coefficient (Wildman–Crippen LogP) is 0.649. The van der Waals surface area contributed by atoms with Gasteiger partial charge in [0.1, 0.15) is 5.75 Å². The van der Waals surface area contributed by atoms with Crippen molar-refractivity contribution in [2.75, 3.05) is 39.2 Å². The second-order valence-electron chi connectivity index (χ2n) is 5.01. The number of aliphatic hydroxyl groups excluding tert-OH is 1. The zero-order valence-corrected chi connectivity index (χ0v) is 12.8. The Kier molecular flexibility index (Phi) is 7.34. The molecule has 1 atom stereocenters. The Labute approximate surface area is 129 Å². The predicted molar refractivity (Wildman–Crippen MR) is 81.9 cm³/mol. The third-order valence-electron chi connectivity index (χ3n) is 3.15. The highest BCUT2D eigenvalue weighted by Gasteiger charge is 2.22. The number of aliphatic carboxylic acids is 1. The summed E-state index contributed by atoms with van der Waals surface area (Å²) < 4.78 is 5.06. The van der Waals surface area contributed by atoms with Gasteiger partial charge in [0.2, 0.25) is 5.91 Å². The normalized spacial score (nSPS) is 12.0. The summed E-state index contributed by atoms with van der Waals surface area (Å²) in [4.78, 5) is 24.9. The molecule has 0 heterocycles. The largest absolute Gasteiger partial charge is 0.497 e. The number of carbonyl (C=O) groups excluding carboxylic acids is 1. The summed E-state index contributed by atoms with van der Waals surface area (Å²) in [5.74, 6) is -1.64. The number of amides is 1. The van der Waals surface area contributed by atoms with Crippen LogP contribution >= 0.6 is 0 Å². The van der Waals surface area contributed by atoms with Gasteiger partial charge in [0.05, 0.1) is 19.6 Å². The highest BCUT2D eigenvalue weighted by Crippen LogP contribution is 2.17. The van der Waals surface area contributed by atoms with Gasteiger partial charge in [-0.15, -0.1) is 0 Å². The van der Waals surface area contributed by atoms with E-state index in [9.17, 15) is 14.7 Å². The van der Waals surface area contributed by atoms with Crippen molar-refractivity contribution in [2.45, 2.75) is 6.42 Å². The molecule has 0 aliphatic rings. The van der Waals surface area contributed by atoms with E-state index in [4.69, 9.17) is 9.84 Å². The highest BCUT2D eigenvalue weighted by molar-refractivity contribution is 5.93. The average Bonchev–Trinajstić information content (AvgIpc) is 2.46. The number of nitrogens with zero attached hydrogens (tertiary/aromatic N) is 1. The van der Waals surface area contributed by atoms with Crippen LogP contribution in [0, 0.1) is 5.92 Å². The molecular weight excluding hydrogens is 288 g/mol. The lowest BCUT2D eigenvalue weighted by Gasteiger charge is -2.20. The number of methoxy groups -OCH3 is 1. The zero-order chi connectivity index (χ0) is 16.5. The minimum atomic E-state index is -1.04. The molecule has 7 nitrogen and oxygen atoms in total. The third kappa shape index (κ3) is 6.11. The smallest absolute Gasteiger partial charge is 0.308 e. The number of carboxylic acids is 1. The van der Waals surface area contributed by atoms with Gasteiger partial charge in [0.25, 0.3) is 0 Å². The highest BCUT2D eigenvalue weighted by atomic mass is 16.5. The number of carboxylic acid groups (broad SMARTS) is 1. The van der Waals surface area contributed by atoms with Crippen LogP contribution in [-0.4, -0.2) is 60.8 Å². The van der Waals surface area contributed by atoms with E-state index < -0.39 is 11.9 Å². The Morgan fingerprint density at radius 2 is 2.14 bits per heavy atom. The molecule has 7 heteroatoms. The van der Waals surface area contributed by atoms with Gasteiger partial charge in [-0.05, 0) is 19.2 Å². The van der Waals surface area contributed by atoms with E-state index in [2.05, 4.69) is 5.32 Å². The Morgan fingerprint density at radius 1 is 1.41 bits per heavy atom. The van der Waals surface area contributed by atoms with Gasteiger partial charge in [0.15, 0.2) is 0 Å². The number of aliphatic hydroxyl groups is 1. The van der Waals surface area contributed by atoms with Crippen molar-refractivity contribution in [3.8, 4) is 5.75 Å². The van der Waals surface area contributed by atoms with Crippen LogP contribution in [0.25, 0.3) is 0 Å². The maximum absolute atomic E-state index is 12.0. The molecule has 1 amide bonds. The Morgan fingerprint density at radius 3 is 2.73 bits per heavy atom. The molecule has 0 radical (unpaired) electrons. The van der Waals surface area contributed by atoms with Crippen LogP contribution in [0.15, 0.2) is 24.3 Å². The molecule has 0 fully saturated rings. The topological polar surface area (TPSA) is 99.1 Å². The minimum absolute atomic E-state index is 0.0567. The van der Waals surface area contributed by atoms with E-state index in [0.29, 0.717) is 18.0 Å². The molecule has 1 aromatic carbocycles. The van der Waals surface area contributed by atoms with Crippen molar-refractivity contribution in [1.82, 2.24) is 4.90 Å². The Hall–Kier alpha value is -2.12. The first-order chi connectivity index (χ1) is 10.5. The standard InChI is InChI=1S/C15H22N2O5/c1-17(6-7-18)10-11(15(20)21)8-14(19)16-12-4-3-5-13(9-12)22-2/h3-5,9,11,18H,6-8,10H2,1-2H3,(H,16,19)(H,20,21)/t11-/m0/s1. The first kappa shape index (κ1) is 17.9. The summed E-state index contributed by atoms with van der Waals surface area (Å²) in [7, 11) is 3.23. The quantitative estimate of drug-likeness (QED) is 0.619. The first-order valence-corrected chi connectivity index (χ1v) is 6.92. The summed E-state index contributed by atoms with van der Waals surface area (Å²) in [5.41, 5.74) is 0.553. The van der Waals surface area contributed by atoms with Gasteiger partial charge in [-0.1, -0.05) is 6.07 Å². The molecule has 0 saturated heterocycles. The van der Waals surface area contributed by atoms with E-state index in [0.717, 1.165) is 0 Å². The van der Waals surface area contributed by atoms with Crippen LogP contribution < -0.4 is 10.1 Å². The Balaban J connectivity index is 2.61. The van der Waals surface area contributed by atoms with Crippen molar-refractivity contribution in [3.05, 3.63) is 24.3 Å². The summed E-state index contributed by atoms with van der Waals surface area (Å²) >= 11 is 0. The molecule has 0 bridgehead atoms. The SMILES string of the molecule is COc1cccc(NC(=O)C[C@@H](CN(C)CCO)C(=O)O)c1. The van der Waals surface area contributed by atoms with Crippen LogP contribution in [0.2, 0.25) is 0 Å². The van der Waals surface area contributed by atoms with Crippen LogP contribution in [0.3, 0.4) is 0 Å². The van der Waals surface area contributed by atoms with E-state index in [1.54, 1.807) is 36.2 Å². The molecule has 22 heavy (non-hydrogen) atoms. The molecule has 0 unspecified atom stereocenters. The monoisotopic (exact) mass is 310 g/mol. The van der Waals surface area contributed by atoms with Gasteiger partial charge < -0.3 is 25.2 Å². The molecule has 0 aliphatic carbocycles. The number of anilines is 1. The van der Waals surface area contributed by atoms with Gasteiger partial charge >= 0.3 is 5.97 Å². The van der Waals surface area contributed by atoms with Crippen LogP contribution in [0.4, 0.5) is 5.69 Å². The summed E-state index contributed by atoms with van der Waals surface area (Å²) in [5, 5.41) is 20.7. The number of likely N-dealkylation sites (N-methyl/N-ethyl adjacent to an activating group) is 1. The van der Waals surface area contributed by atoms with Crippen molar-refractivity contribution in [1.29, 1.82) is 0 Å². The molecule has 0 saturated carbocycles. The number of hydrogen-bond acceptors (Lipinski definition) is 5. The van der Waals surface area contributed by atoms with E-state index in [-0.39, 0.29) is 25.5 Å². The lowest BCUT2D eigenvalue weighted by Crippen LogP contribution is -2.34. The van der Waals surface area contributed by atoms with Crippen molar-refractivity contribution in [3.63, 3.8) is 0 Å². The summed E-state index contributed by atoms with van der Waals surface area (Å²) in [6.07, 6.45) is -0.137. The number of benzene rings is 1. The lowest BCUT2D eigenvalue weighted by molar-refractivity contribution is -0.144. The second-order valence-corrected chi connectivity index (χ2v) is 5.01. The fourth-order valence-corrected chi connectivity index (χ4v) is 2.00. The minimum Gasteiger partial charge on any atom is -0.497 e. The van der Waals surface area contributed by atoms with Crippen LogP contribution in [-0.2, 0) is 9.59 Å². The zero-order valence-electron chi connectivity index (χ0n) is 12.8. The molecule has 3 N–H and O–H groups in total. The van der Waals surface area contributed by atoms with E-state index >= 15 is 0 Å². The fraction of sp³-hybridized carbons (Fsp3) is 0.467. The average molecular weight is 310 g/mol. The third-order valence-corrected chi connectivity index (χ3v) is 3.15. The molecule has 0 aliphatic heterocycles. The molecule has 1 aromatic rings. The number of hydrogen-bond donors (Lipinski definition) is 3. The molecule has 1 rings (SSSR count). The molecule has 0 aromatic heterocycles. The first-order valence-electron chi connectivity index (χ1n) is 6.92. The van der Waals surface area contributed by atoms with Crippen LogP contribution in [0.1, 0.15) is 6.42 Å². The lowest BCUT2D eigenvalue weighted by atomic mass is 10.0. The van der Waals surface area contributed by atoms with Gasteiger partial charge in [-0.25, -0.2) is 0 Å². The van der Waals surface area contributed by atoms with Crippen molar-refractivity contribution >= 4 is 17.6 Å². The second kappa shape index (κ2) is 9.01. The van der Waals surface area contributed by atoms with Gasteiger partial charge in [-0.2, -0.15) is 0 Å². The molecule has 0 spiro atoms. The summed E-state index contributed by atoms with van der Waals surface area (Å²) in [6, 6.07) is 6.84. The van der Waals surface area contributed by atoms with Gasteiger partial charge in [-0.3, -0.25) is 9.59 Å². The Bertz CT molecular complexity index is 506. The van der Waals surface area contributed by atoms with Crippen molar-refractivity contribution in [2.24, 2.45) is 5.92 Å². The number of nitrogens with one attached hydrogen (secondary N) is 1. The number of carbonyl (C=O) groups is 2. The van der Waals surface area contributed by atoms with E-state index in [1.165, 1.54) is 7.11 Å². The van der Waals surface area contributed by atoms with Gasteiger partial charge in [0, 0.05) is 31.3 Å². The van der Waals surface area contributed by atoms with Crippen molar-refractivity contribution < 1.29 is 24.5 Å². The molecule has 122 valence electrons. The fourth-order valence-electron chi connectivity index (χ4n) is 2.00. The van der Waals surface area contributed by atoms with E-state index in [1.807, 2.05) is 0 Å². The summed E-state index contributed by atoms with van der Waals surface area (Å²) in [6.45, 7) is 0.502. The van der Waals surface area contributed by atoms with Crippen LogP contribution in [0.5, 0.6) is 5.75 Å². The number of rotatable bonds is 9.